The number of rotatable bonds is 3. The number of hydrogen-bond acceptors (Lipinski definition) is 4. The average Bonchev–Trinajstić information content (AvgIpc) is 3.03. The highest BCUT2D eigenvalue weighted by molar-refractivity contribution is 7.16. The van der Waals surface area contributed by atoms with Crippen LogP contribution in [0.3, 0.4) is 0 Å². The van der Waals surface area contributed by atoms with E-state index < -0.39 is 0 Å². The highest BCUT2D eigenvalue weighted by Crippen LogP contribution is 2.37. The van der Waals surface area contributed by atoms with Crippen LogP contribution in [0, 0.1) is 11.3 Å². The van der Waals surface area contributed by atoms with Gasteiger partial charge >= 0.3 is 0 Å². The molecule has 0 atom stereocenters. The molecule has 0 bridgehead atoms. The maximum absolute atomic E-state index is 12.3. The first-order chi connectivity index (χ1) is 12.7. The number of thiophene rings is 1. The quantitative estimate of drug-likeness (QED) is 0.820. The van der Waals surface area contributed by atoms with Crippen LogP contribution in [0.5, 0.6) is 5.75 Å². The molecule has 2 aliphatic rings. The maximum Gasteiger partial charge on any atom is 0.249 e. The summed E-state index contributed by atoms with van der Waals surface area (Å²) in [7, 11) is 0. The third-order valence-electron chi connectivity index (χ3n) is 4.62. The second-order valence-electron chi connectivity index (χ2n) is 6.40. The highest BCUT2D eigenvalue weighted by Gasteiger charge is 2.21. The van der Waals surface area contributed by atoms with E-state index in [0.29, 0.717) is 17.2 Å². The number of amides is 1. The Hall–Kier alpha value is -2.84. The number of carbonyl (C=O) groups excluding carboxylic acids is 1. The van der Waals surface area contributed by atoms with Crippen molar-refractivity contribution in [3.63, 3.8) is 0 Å². The Bertz CT molecular complexity index is 963. The van der Waals surface area contributed by atoms with Crippen molar-refractivity contribution in [3.8, 4) is 11.8 Å². The Morgan fingerprint density at radius 1 is 1.27 bits per heavy atom. The Morgan fingerprint density at radius 3 is 3.00 bits per heavy atom. The number of para-hydroxylation sites is 1. The second kappa shape index (κ2) is 7.19. The van der Waals surface area contributed by atoms with Crippen molar-refractivity contribution >= 4 is 28.3 Å². The minimum atomic E-state index is -0.222. The number of ether oxygens (including phenoxy) is 1. The van der Waals surface area contributed by atoms with Crippen molar-refractivity contribution in [1.82, 2.24) is 0 Å². The molecule has 0 unspecified atom stereocenters. The standard InChI is InChI=1S/C21H18N2O2S/c22-12-17-16-6-2-4-8-19(16)26-21(17)23-20(24)10-9-14-11-15-5-1-3-7-18(15)25-13-14/h1,3,5,7,9-11H,2,4,6,8,13H2,(H,23,24). The minimum absolute atomic E-state index is 0.222. The van der Waals surface area contributed by atoms with Gasteiger partial charge in [0.05, 0.1) is 5.56 Å². The van der Waals surface area contributed by atoms with Gasteiger partial charge in [-0.15, -0.1) is 11.3 Å². The van der Waals surface area contributed by atoms with Gasteiger partial charge in [0, 0.05) is 16.5 Å². The number of nitrogens with zero attached hydrogens (tertiary/aromatic N) is 1. The van der Waals surface area contributed by atoms with Crippen molar-refractivity contribution in [2.24, 2.45) is 0 Å². The molecule has 130 valence electrons. The van der Waals surface area contributed by atoms with Crippen LogP contribution in [0.2, 0.25) is 0 Å². The van der Waals surface area contributed by atoms with Gasteiger partial charge < -0.3 is 10.1 Å². The van der Waals surface area contributed by atoms with Crippen molar-refractivity contribution in [2.45, 2.75) is 25.7 Å². The lowest BCUT2D eigenvalue weighted by Gasteiger charge is -2.15. The van der Waals surface area contributed by atoms with Crippen LogP contribution in [0.25, 0.3) is 6.08 Å². The fourth-order valence-electron chi connectivity index (χ4n) is 3.34. The Morgan fingerprint density at radius 2 is 2.12 bits per heavy atom. The van der Waals surface area contributed by atoms with Gasteiger partial charge in [0.2, 0.25) is 5.91 Å². The molecule has 0 fully saturated rings. The summed E-state index contributed by atoms with van der Waals surface area (Å²) in [5.41, 5.74) is 3.71. The van der Waals surface area contributed by atoms with Crippen LogP contribution in [-0.4, -0.2) is 12.5 Å². The summed E-state index contributed by atoms with van der Waals surface area (Å²) in [5.74, 6) is 0.636. The molecule has 1 N–H and O–H groups in total. The number of hydrogen-bond donors (Lipinski definition) is 1. The zero-order valence-electron chi connectivity index (χ0n) is 14.2. The summed E-state index contributed by atoms with van der Waals surface area (Å²) >= 11 is 1.54. The fraction of sp³-hybridized carbons (Fsp3) is 0.238. The molecule has 0 saturated heterocycles. The molecule has 1 aromatic heterocycles. The first kappa shape index (κ1) is 16.6. The number of nitrogens with one attached hydrogen (secondary N) is 1. The Kier molecular flexibility index (Phi) is 4.59. The lowest BCUT2D eigenvalue weighted by atomic mass is 9.96. The number of anilines is 1. The van der Waals surface area contributed by atoms with Gasteiger partial charge in [-0.3, -0.25) is 4.79 Å². The first-order valence-corrected chi connectivity index (χ1v) is 9.52. The predicted molar refractivity (Wildman–Crippen MR) is 103 cm³/mol. The fourth-order valence-corrected chi connectivity index (χ4v) is 4.58. The minimum Gasteiger partial charge on any atom is -0.488 e. The lowest BCUT2D eigenvalue weighted by molar-refractivity contribution is -0.111. The van der Waals surface area contributed by atoms with Gasteiger partial charge in [-0.25, -0.2) is 0 Å². The summed E-state index contributed by atoms with van der Waals surface area (Å²) in [6.07, 6.45) is 9.50. The van der Waals surface area contributed by atoms with E-state index in [4.69, 9.17) is 4.74 Å². The zero-order chi connectivity index (χ0) is 17.9. The van der Waals surface area contributed by atoms with Gasteiger partial charge in [0.25, 0.3) is 0 Å². The molecule has 2 heterocycles. The molecule has 1 aliphatic carbocycles. The Balaban J connectivity index is 1.48. The summed E-state index contributed by atoms with van der Waals surface area (Å²) in [5, 5.41) is 13.0. The van der Waals surface area contributed by atoms with Crippen LogP contribution >= 0.6 is 11.3 Å². The second-order valence-corrected chi connectivity index (χ2v) is 7.50. The van der Waals surface area contributed by atoms with Gasteiger partial charge in [0.15, 0.2) is 0 Å². The molecule has 1 aliphatic heterocycles. The van der Waals surface area contributed by atoms with Crippen LogP contribution in [-0.2, 0) is 17.6 Å². The van der Waals surface area contributed by atoms with E-state index in [1.807, 2.05) is 30.3 Å². The Labute approximate surface area is 156 Å². The molecule has 0 spiro atoms. The number of fused-ring (bicyclic) bond motifs is 2. The first-order valence-electron chi connectivity index (χ1n) is 8.70. The lowest BCUT2D eigenvalue weighted by Crippen LogP contribution is -2.09. The summed E-state index contributed by atoms with van der Waals surface area (Å²) in [6, 6.07) is 10.1. The smallest absolute Gasteiger partial charge is 0.249 e. The molecule has 4 nitrogen and oxygen atoms in total. The van der Waals surface area contributed by atoms with E-state index in [-0.39, 0.29) is 5.91 Å². The topological polar surface area (TPSA) is 62.1 Å². The maximum atomic E-state index is 12.3. The number of aryl methyl sites for hydroxylation is 1. The van der Waals surface area contributed by atoms with Crippen LogP contribution in [0.4, 0.5) is 5.00 Å². The van der Waals surface area contributed by atoms with Gasteiger partial charge in [-0.1, -0.05) is 24.3 Å². The highest BCUT2D eigenvalue weighted by atomic mass is 32.1. The number of nitriles is 1. The number of benzene rings is 1. The van der Waals surface area contributed by atoms with Crippen LogP contribution in [0.1, 0.15) is 34.4 Å². The molecule has 26 heavy (non-hydrogen) atoms. The zero-order valence-corrected chi connectivity index (χ0v) is 15.1. The van der Waals surface area contributed by atoms with E-state index in [1.54, 1.807) is 6.08 Å². The third kappa shape index (κ3) is 3.29. The molecular formula is C21H18N2O2S. The molecule has 0 radical (unpaired) electrons. The van der Waals surface area contributed by atoms with Gasteiger partial charge in [-0.2, -0.15) is 5.26 Å². The van der Waals surface area contributed by atoms with E-state index in [1.165, 1.54) is 22.3 Å². The summed E-state index contributed by atoms with van der Waals surface area (Å²) < 4.78 is 5.69. The van der Waals surface area contributed by atoms with Gasteiger partial charge in [0.1, 0.15) is 23.4 Å². The largest absolute Gasteiger partial charge is 0.488 e. The molecule has 1 amide bonds. The summed E-state index contributed by atoms with van der Waals surface area (Å²) in [6.45, 7) is 0.442. The van der Waals surface area contributed by atoms with Crippen LogP contribution < -0.4 is 10.1 Å². The molecule has 2 aromatic rings. The normalized spacial score (nSPS) is 15.4. The van der Waals surface area contributed by atoms with E-state index in [0.717, 1.165) is 48.1 Å². The van der Waals surface area contributed by atoms with Crippen molar-refractivity contribution < 1.29 is 9.53 Å². The average molecular weight is 362 g/mol. The van der Waals surface area contributed by atoms with E-state index >= 15 is 0 Å². The summed E-state index contributed by atoms with van der Waals surface area (Å²) in [4.78, 5) is 13.6. The molecular weight excluding hydrogens is 344 g/mol. The molecule has 1 aromatic carbocycles. The molecule has 0 saturated carbocycles. The van der Waals surface area contributed by atoms with E-state index in [9.17, 15) is 10.1 Å². The predicted octanol–water partition coefficient (Wildman–Crippen LogP) is 4.47. The van der Waals surface area contributed by atoms with E-state index in [2.05, 4.69) is 11.4 Å². The molecule has 4 rings (SSSR count). The molecule has 5 heteroatoms. The number of carbonyl (C=O) groups is 1. The monoisotopic (exact) mass is 362 g/mol. The van der Waals surface area contributed by atoms with Crippen molar-refractivity contribution in [2.75, 3.05) is 11.9 Å². The third-order valence-corrected chi connectivity index (χ3v) is 5.83. The van der Waals surface area contributed by atoms with Crippen LogP contribution in [0.15, 0.2) is 42.0 Å². The van der Waals surface area contributed by atoms with Gasteiger partial charge in [-0.05, 0) is 49.0 Å². The van der Waals surface area contributed by atoms with Crippen molar-refractivity contribution in [3.05, 3.63) is 63.6 Å². The van der Waals surface area contributed by atoms with Crippen molar-refractivity contribution in [1.29, 1.82) is 5.26 Å². The SMILES string of the molecule is N#Cc1c(NC(=O)C=CC2=Cc3ccccc3OC2)sc2c1CCCC2.